The molecule has 0 spiro atoms. The van der Waals surface area contributed by atoms with Crippen LogP contribution in [0.2, 0.25) is 0 Å². The zero-order valence-corrected chi connectivity index (χ0v) is 14.7. The Morgan fingerprint density at radius 2 is 1.85 bits per heavy atom. The van der Waals surface area contributed by atoms with Gasteiger partial charge in [0, 0.05) is 18.8 Å². The predicted octanol–water partition coefficient (Wildman–Crippen LogP) is 4.21. The number of halogens is 3. The summed E-state index contributed by atoms with van der Waals surface area (Å²) >= 11 is 0. The molecule has 1 aromatic carbocycles. The molecule has 5 nitrogen and oxygen atoms in total. The highest BCUT2D eigenvalue weighted by molar-refractivity contribution is 5.80. The fraction of sp³-hybridized carbons (Fsp3) is 0.211. The molecule has 0 N–H and O–H groups in total. The second-order valence-electron chi connectivity index (χ2n) is 6.41. The highest BCUT2D eigenvalue weighted by atomic mass is 19.4. The van der Waals surface area contributed by atoms with Crippen LogP contribution < -0.4 is 0 Å². The Hall–Kier alpha value is -3.16. The molecule has 0 aliphatic rings. The molecule has 3 heterocycles. The molecule has 3 aromatic heterocycles. The molecular weight excluding hydrogens is 355 g/mol. The van der Waals surface area contributed by atoms with E-state index in [2.05, 4.69) is 15.2 Å². The maximum atomic E-state index is 13.0. The molecule has 0 saturated carbocycles. The second kappa shape index (κ2) is 6.22. The fourth-order valence-corrected chi connectivity index (χ4v) is 3.08. The van der Waals surface area contributed by atoms with E-state index in [4.69, 9.17) is 0 Å². The molecule has 0 unspecified atom stereocenters. The Kier molecular flexibility index (Phi) is 3.98. The van der Waals surface area contributed by atoms with Gasteiger partial charge in [0.15, 0.2) is 0 Å². The molecule has 0 aliphatic heterocycles. The van der Waals surface area contributed by atoms with Gasteiger partial charge in [-0.3, -0.25) is 14.3 Å². The number of fused-ring (bicyclic) bond motifs is 1. The molecule has 0 amide bonds. The van der Waals surface area contributed by atoms with E-state index >= 15 is 0 Å². The standard InChI is InChI=1S/C19H16F3N5/c1-12-6-16(26(2)25-12)11-27-18-8-14(9-23-17(18)10-24-27)13-4-3-5-15(7-13)19(20,21)22/h3-10H,11H2,1-2H3. The maximum Gasteiger partial charge on any atom is 0.416 e. The number of aromatic nitrogens is 5. The van der Waals surface area contributed by atoms with E-state index in [0.717, 1.165) is 29.0 Å². The van der Waals surface area contributed by atoms with E-state index in [1.165, 1.54) is 6.07 Å². The lowest BCUT2D eigenvalue weighted by Crippen LogP contribution is -2.07. The maximum absolute atomic E-state index is 13.0. The summed E-state index contributed by atoms with van der Waals surface area (Å²) in [5.74, 6) is 0. The molecule has 8 heteroatoms. The average Bonchev–Trinajstić information content (AvgIpc) is 3.17. The van der Waals surface area contributed by atoms with Crippen molar-refractivity contribution in [1.82, 2.24) is 24.5 Å². The summed E-state index contributed by atoms with van der Waals surface area (Å²) < 4.78 is 42.5. The van der Waals surface area contributed by atoms with Gasteiger partial charge in [0.2, 0.25) is 0 Å². The van der Waals surface area contributed by atoms with Gasteiger partial charge in [-0.2, -0.15) is 23.4 Å². The summed E-state index contributed by atoms with van der Waals surface area (Å²) in [6, 6.07) is 9.02. The summed E-state index contributed by atoms with van der Waals surface area (Å²) in [5, 5.41) is 8.69. The Labute approximate surface area is 153 Å². The van der Waals surface area contributed by atoms with Crippen LogP contribution in [0.3, 0.4) is 0 Å². The summed E-state index contributed by atoms with van der Waals surface area (Å²) in [6.07, 6.45) is -1.17. The minimum absolute atomic E-state index is 0.461. The lowest BCUT2D eigenvalue weighted by molar-refractivity contribution is -0.137. The monoisotopic (exact) mass is 371 g/mol. The van der Waals surface area contributed by atoms with Gasteiger partial charge in [-0.05, 0) is 36.8 Å². The van der Waals surface area contributed by atoms with Crippen molar-refractivity contribution >= 4 is 11.0 Å². The van der Waals surface area contributed by atoms with E-state index in [9.17, 15) is 13.2 Å². The van der Waals surface area contributed by atoms with Crippen LogP contribution in [0.25, 0.3) is 22.2 Å². The van der Waals surface area contributed by atoms with Crippen LogP contribution in [0, 0.1) is 6.92 Å². The van der Waals surface area contributed by atoms with Gasteiger partial charge in [0.1, 0.15) is 5.52 Å². The number of alkyl halides is 3. The largest absolute Gasteiger partial charge is 0.416 e. The van der Waals surface area contributed by atoms with Crippen molar-refractivity contribution in [2.75, 3.05) is 0 Å². The van der Waals surface area contributed by atoms with E-state index in [1.807, 2.05) is 26.1 Å². The van der Waals surface area contributed by atoms with Gasteiger partial charge in [-0.1, -0.05) is 12.1 Å². The van der Waals surface area contributed by atoms with Gasteiger partial charge in [-0.25, -0.2) is 0 Å². The lowest BCUT2D eigenvalue weighted by Gasteiger charge is -2.09. The minimum atomic E-state index is -4.38. The summed E-state index contributed by atoms with van der Waals surface area (Å²) in [6.45, 7) is 2.41. The van der Waals surface area contributed by atoms with Crippen molar-refractivity contribution in [2.45, 2.75) is 19.6 Å². The second-order valence-corrected chi connectivity index (χ2v) is 6.41. The van der Waals surface area contributed by atoms with Crippen LogP contribution in [0.4, 0.5) is 13.2 Å². The van der Waals surface area contributed by atoms with E-state index in [0.29, 0.717) is 23.2 Å². The SMILES string of the molecule is Cc1cc(Cn2ncc3ncc(-c4cccc(C(F)(F)F)c4)cc32)n(C)n1. The van der Waals surface area contributed by atoms with E-state index in [1.54, 1.807) is 27.8 Å². The highest BCUT2D eigenvalue weighted by Crippen LogP contribution is 2.32. The quantitative estimate of drug-likeness (QED) is 0.542. The third-order valence-corrected chi connectivity index (χ3v) is 4.43. The van der Waals surface area contributed by atoms with Crippen LogP contribution in [0.15, 0.2) is 48.8 Å². The van der Waals surface area contributed by atoms with Crippen LogP contribution >= 0.6 is 0 Å². The zero-order valence-electron chi connectivity index (χ0n) is 14.7. The van der Waals surface area contributed by atoms with Crippen molar-refractivity contribution < 1.29 is 13.2 Å². The third-order valence-electron chi connectivity index (χ3n) is 4.43. The van der Waals surface area contributed by atoms with Crippen LogP contribution in [-0.2, 0) is 19.8 Å². The third kappa shape index (κ3) is 3.30. The minimum Gasteiger partial charge on any atom is -0.270 e. The Morgan fingerprint density at radius 1 is 1.04 bits per heavy atom. The number of aryl methyl sites for hydroxylation is 2. The van der Waals surface area contributed by atoms with Crippen LogP contribution in [0.5, 0.6) is 0 Å². The summed E-state index contributed by atoms with van der Waals surface area (Å²) in [5.41, 5.74) is 3.71. The Morgan fingerprint density at radius 3 is 2.56 bits per heavy atom. The number of rotatable bonds is 3. The molecule has 0 bridgehead atoms. The zero-order chi connectivity index (χ0) is 19.2. The highest BCUT2D eigenvalue weighted by Gasteiger charge is 2.30. The predicted molar refractivity (Wildman–Crippen MR) is 95.0 cm³/mol. The van der Waals surface area contributed by atoms with E-state index < -0.39 is 11.7 Å². The van der Waals surface area contributed by atoms with Crippen molar-refractivity contribution in [3.05, 3.63) is 65.7 Å². The van der Waals surface area contributed by atoms with E-state index in [-0.39, 0.29) is 0 Å². The molecule has 4 aromatic rings. The smallest absolute Gasteiger partial charge is 0.270 e. The number of nitrogens with zero attached hydrogens (tertiary/aromatic N) is 5. The molecule has 0 aliphatic carbocycles. The van der Waals surface area contributed by atoms with Crippen molar-refractivity contribution in [3.63, 3.8) is 0 Å². The molecule has 27 heavy (non-hydrogen) atoms. The van der Waals surface area contributed by atoms with Gasteiger partial charge >= 0.3 is 6.18 Å². The molecular formula is C19H16F3N5. The number of hydrogen-bond donors (Lipinski definition) is 0. The molecule has 0 fully saturated rings. The molecule has 0 saturated heterocycles. The number of pyridine rings is 1. The van der Waals surface area contributed by atoms with Gasteiger partial charge in [0.05, 0.1) is 35.2 Å². The lowest BCUT2D eigenvalue weighted by atomic mass is 10.0. The van der Waals surface area contributed by atoms with Gasteiger partial charge in [0.25, 0.3) is 0 Å². The first-order valence-electron chi connectivity index (χ1n) is 8.30. The summed E-state index contributed by atoms with van der Waals surface area (Å²) in [4.78, 5) is 4.35. The number of benzene rings is 1. The van der Waals surface area contributed by atoms with Crippen molar-refractivity contribution in [1.29, 1.82) is 0 Å². The molecule has 0 atom stereocenters. The van der Waals surface area contributed by atoms with Gasteiger partial charge in [-0.15, -0.1) is 0 Å². The summed E-state index contributed by atoms with van der Waals surface area (Å²) in [7, 11) is 1.86. The number of hydrogen-bond acceptors (Lipinski definition) is 3. The topological polar surface area (TPSA) is 48.5 Å². The Bertz CT molecular complexity index is 1120. The van der Waals surface area contributed by atoms with Gasteiger partial charge < -0.3 is 0 Å². The van der Waals surface area contributed by atoms with Crippen LogP contribution in [0.1, 0.15) is 17.0 Å². The van der Waals surface area contributed by atoms with Crippen molar-refractivity contribution in [3.8, 4) is 11.1 Å². The molecule has 138 valence electrons. The Balaban J connectivity index is 1.75. The normalized spacial score (nSPS) is 12.0. The first-order valence-corrected chi connectivity index (χ1v) is 8.30. The van der Waals surface area contributed by atoms with Crippen molar-refractivity contribution in [2.24, 2.45) is 7.05 Å². The molecule has 4 rings (SSSR count). The first-order chi connectivity index (χ1) is 12.8. The first kappa shape index (κ1) is 17.3. The molecule has 0 radical (unpaired) electrons. The average molecular weight is 371 g/mol. The van der Waals surface area contributed by atoms with Crippen LogP contribution in [-0.4, -0.2) is 24.5 Å². The fourth-order valence-electron chi connectivity index (χ4n) is 3.08.